The number of nitrogens with zero attached hydrogens (tertiary/aromatic N) is 2. The zero-order chi connectivity index (χ0) is 13.1. The molecule has 96 valence electrons. The molecule has 0 aliphatic carbocycles. The smallest absolute Gasteiger partial charge is 0.189 e. The lowest BCUT2D eigenvalue weighted by atomic mass is 10.1. The minimum absolute atomic E-state index is 0.0538. The Morgan fingerprint density at radius 2 is 1.72 bits per heavy atom. The van der Waals surface area contributed by atoms with Crippen molar-refractivity contribution in [3.8, 4) is 0 Å². The van der Waals surface area contributed by atoms with Crippen LogP contribution in [0.1, 0.15) is 16.8 Å². The molecule has 2 rings (SSSR count). The number of halogens is 1. The van der Waals surface area contributed by atoms with Crippen LogP contribution in [0.25, 0.3) is 0 Å². The van der Waals surface area contributed by atoms with Crippen LogP contribution >= 0.6 is 15.9 Å². The lowest BCUT2D eigenvalue weighted by Gasteiger charge is -2.36. The summed E-state index contributed by atoms with van der Waals surface area (Å²) in [5.74, 6) is 1.05. The van der Waals surface area contributed by atoms with Crippen LogP contribution < -0.4 is 0 Å². The highest BCUT2D eigenvalue weighted by Gasteiger charge is 2.17. The Bertz CT molecular complexity index is 455. The Kier molecular flexibility index (Phi) is 4.07. The Hall–Kier alpha value is -1.29. The third kappa shape index (κ3) is 2.93. The molecule has 0 amide bonds. The molecule has 3 nitrogen and oxygen atoms in total. The maximum absolute atomic E-state index is 12.2. The third-order valence-electron chi connectivity index (χ3n) is 3.16. The van der Waals surface area contributed by atoms with Crippen molar-refractivity contribution < 1.29 is 4.79 Å². The first-order chi connectivity index (χ1) is 8.58. The van der Waals surface area contributed by atoms with E-state index in [1.807, 2.05) is 38.4 Å². The number of carbonyl (C=O) groups excluding carboxylic acids is 1. The molecular weight excluding hydrogens is 292 g/mol. The topological polar surface area (TPSA) is 23.6 Å². The average molecular weight is 309 g/mol. The van der Waals surface area contributed by atoms with Crippen LogP contribution in [0.5, 0.6) is 0 Å². The van der Waals surface area contributed by atoms with E-state index in [0.717, 1.165) is 35.4 Å². The van der Waals surface area contributed by atoms with Gasteiger partial charge in [-0.3, -0.25) is 4.79 Å². The van der Waals surface area contributed by atoms with E-state index in [1.54, 1.807) is 6.08 Å². The van der Waals surface area contributed by atoms with Gasteiger partial charge in [-0.05, 0) is 30.7 Å². The van der Waals surface area contributed by atoms with E-state index < -0.39 is 0 Å². The second-order valence-electron chi connectivity index (χ2n) is 4.57. The van der Waals surface area contributed by atoms with Crippen LogP contribution in [0.3, 0.4) is 0 Å². The van der Waals surface area contributed by atoms with Crippen LogP contribution in [0, 0.1) is 0 Å². The van der Waals surface area contributed by atoms with Gasteiger partial charge in [0.2, 0.25) is 0 Å². The quantitative estimate of drug-likeness (QED) is 0.620. The molecule has 1 aromatic carbocycles. The second-order valence-corrected chi connectivity index (χ2v) is 5.49. The number of carbonyl (C=O) groups is 1. The van der Waals surface area contributed by atoms with Gasteiger partial charge in [-0.2, -0.15) is 0 Å². The average Bonchev–Trinajstić information content (AvgIpc) is 2.34. The summed E-state index contributed by atoms with van der Waals surface area (Å²) in [6.45, 7) is 2.01. The monoisotopic (exact) mass is 308 g/mol. The van der Waals surface area contributed by atoms with Gasteiger partial charge in [-0.15, -0.1) is 0 Å². The van der Waals surface area contributed by atoms with Gasteiger partial charge in [-0.1, -0.05) is 15.9 Å². The van der Waals surface area contributed by atoms with Crippen molar-refractivity contribution in [3.63, 3.8) is 0 Å². The Morgan fingerprint density at radius 1 is 1.17 bits per heavy atom. The molecule has 1 aromatic rings. The van der Waals surface area contributed by atoms with Crippen molar-refractivity contribution >= 4 is 21.7 Å². The highest BCUT2D eigenvalue weighted by Crippen LogP contribution is 2.16. The van der Waals surface area contributed by atoms with Gasteiger partial charge in [0.05, 0.1) is 0 Å². The van der Waals surface area contributed by atoms with Gasteiger partial charge in [0.1, 0.15) is 5.82 Å². The van der Waals surface area contributed by atoms with Gasteiger partial charge < -0.3 is 9.80 Å². The maximum Gasteiger partial charge on any atom is 0.189 e. The Labute approximate surface area is 116 Å². The zero-order valence-corrected chi connectivity index (χ0v) is 12.3. The summed E-state index contributed by atoms with van der Waals surface area (Å²) in [5, 5.41) is 0. The molecule has 0 spiro atoms. The molecule has 0 bridgehead atoms. The van der Waals surface area contributed by atoms with E-state index in [1.165, 1.54) is 0 Å². The highest BCUT2D eigenvalue weighted by atomic mass is 79.9. The molecule has 18 heavy (non-hydrogen) atoms. The molecule has 0 radical (unpaired) electrons. The fourth-order valence-corrected chi connectivity index (χ4v) is 2.37. The van der Waals surface area contributed by atoms with E-state index in [2.05, 4.69) is 25.7 Å². The normalized spacial score (nSPS) is 15.8. The highest BCUT2D eigenvalue weighted by molar-refractivity contribution is 9.10. The molecule has 0 saturated carbocycles. The van der Waals surface area contributed by atoms with E-state index in [0.29, 0.717) is 0 Å². The zero-order valence-electron chi connectivity index (χ0n) is 10.7. The van der Waals surface area contributed by atoms with Gasteiger partial charge in [0.25, 0.3) is 0 Å². The molecule has 1 aliphatic rings. The molecule has 4 heteroatoms. The second kappa shape index (κ2) is 5.57. The molecule has 1 aliphatic heterocycles. The predicted octanol–water partition coefficient (Wildman–Crippen LogP) is 2.74. The molecule has 0 N–H and O–H groups in total. The van der Waals surface area contributed by atoms with Gasteiger partial charge >= 0.3 is 0 Å². The summed E-state index contributed by atoms with van der Waals surface area (Å²) >= 11 is 3.37. The Balaban J connectivity index is 2.21. The molecule has 1 heterocycles. The summed E-state index contributed by atoms with van der Waals surface area (Å²) < 4.78 is 0.985. The van der Waals surface area contributed by atoms with Crippen LogP contribution in [0.2, 0.25) is 0 Å². The first-order valence-corrected chi connectivity index (χ1v) is 6.81. The number of hydrogen-bond donors (Lipinski definition) is 0. The lowest BCUT2D eigenvalue weighted by Crippen LogP contribution is -2.38. The van der Waals surface area contributed by atoms with Crippen molar-refractivity contribution in [2.24, 2.45) is 0 Å². The maximum atomic E-state index is 12.2. The van der Waals surface area contributed by atoms with Crippen molar-refractivity contribution in [1.29, 1.82) is 0 Å². The number of rotatable bonds is 2. The van der Waals surface area contributed by atoms with Gasteiger partial charge in [-0.25, -0.2) is 0 Å². The molecule has 0 aromatic heterocycles. The summed E-state index contributed by atoms with van der Waals surface area (Å²) in [4.78, 5) is 16.4. The van der Waals surface area contributed by atoms with Crippen molar-refractivity contribution in [2.75, 3.05) is 27.2 Å². The number of ketones is 1. The first kappa shape index (κ1) is 13.1. The van der Waals surface area contributed by atoms with Crippen molar-refractivity contribution in [1.82, 2.24) is 9.80 Å². The van der Waals surface area contributed by atoms with E-state index in [-0.39, 0.29) is 5.78 Å². The Morgan fingerprint density at radius 3 is 2.28 bits per heavy atom. The summed E-state index contributed by atoms with van der Waals surface area (Å²) in [6.07, 6.45) is 2.86. The van der Waals surface area contributed by atoms with Crippen LogP contribution in [-0.2, 0) is 0 Å². The first-order valence-electron chi connectivity index (χ1n) is 6.02. The number of hydrogen-bond acceptors (Lipinski definition) is 3. The van der Waals surface area contributed by atoms with Gasteiger partial charge in [0, 0.05) is 43.3 Å². The number of benzene rings is 1. The summed E-state index contributed by atoms with van der Waals surface area (Å²) in [7, 11) is 4.05. The van der Waals surface area contributed by atoms with Crippen molar-refractivity contribution in [3.05, 3.63) is 46.2 Å². The molecular formula is C14H17BrN2O. The standard InChI is InChI=1S/C14H17BrN2O/c1-16-8-3-9-17(2)14(16)10-13(18)11-4-6-12(15)7-5-11/h4-7,10H,3,8-9H2,1-2H3. The van der Waals surface area contributed by atoms with E-state index >= 15 is 0 Å². The molecule has 1 saturated heterocycles. The van der Waals surface area contributed by atoms with Crippen LogP contribution in [-0.4, -0.2) is 42.8 Å². The van der Waals surface area contributed by atoms with Crippen LogP contribution in [0.15, 0.2) is 40.6 Å². The predicted molar refractivity (Wildman–Crippen MR) is 76.4 cm³/mol. The molecule has 0 atom stereocenters. The van der Waals surface area contributed by atoms with Crippen molar-refractivity contribution in [2.45, 2.75) is 6.42 Å². The molecule has 1 fully saturated rings. The van der Waals surface area contributed by atoms with Gasteiger partial charge in [0.15, 0.2) is 5.78 Å². The lowest BCUT2D eigenvalue weighted by molar-refractivity contribution is 0.103. The summed E-state index contributed by atoms with van der Waals surface area (Å²) in [6, 6.07) is 7.46. The summed E-state index contributed by atoms with van der Waals surface area (Å²) in [5.41, 5.74) is 0.720. The largest absolute Gasteiger partial charge is 0.361 e. The fraction of sp³-hybridized carbons (Fsp3) is 0.357. The fourth-order valence-electron chi connectivity index (χ4n) is 2.10. The minimum Gasteiger partial charge on any atom is -0.361 e. The van der Waals surface area contributed by atoms with E-state index in [4.69, 9.17) is 0 Å². The van der Waals surface area contributed by atoms with Crippen LogP contribution in [0.4, 0.5) is 0 Å². The molecule has 0 unspecified atom stereocenters. The SMILES string of the molecule is CN1CCCN(C)C1=CC(=O)c1ccc(Br)cc1. The van der Waals surface area contributed by atoms with E-state index in [9.17, 15) is 4.79 Å². The number of allylic oxidation sites excluding steroid dienone is 1. The third-order valence-corrected chi connectivity index (χ3v) is 3.69. The minimum atomic E-state index is 0.0538.